The number of carbonyl (C=O) groups excluding carboxylic acids is 1. The smallest absolute Gasteiger partial charge is 0.289 e. The molecule has 0 radical (unpaired) electrons. The van der Waals surface area contributed by atoms with Crippen LogP contribution in [0.25, 0.3) is 22.4 Å². The van der Waals surface area contributed by atoms with E-state index in [1.54, 1.807) is 29.4 Å². The molecule has 1 aliphatic heterocycles. The van der Waals surface area contributed by atoms with Crippen molar-refractivity contribution in [1.29, 1.82) is 0 Å². The van der Waals surface area contributed by atoms with Gasteiger partial charge >= 0.3 is 0 Å². The van der Waals surface area contributed by atoms with Gasteiger partial charge in [-0.05, 0) is 30.0 Å². The quantitative estimate of drug-likeness (QED) is 0.516. The molecule has 4 heterocycles. The molecule has 1 saturated heterocycles. The Kier molecular flexibility index (Phi) is 4.12. The van der Waals surface area contributed by atoms with Crippen LogP contribution in [0.5, 0.6) is 5.75 Å². The number of nitrogens with zero attached hydrogens (tertiary/aromatic N) is 3. The Morgan fingerprint density at radius 1 is 1.36 bits per heavy atom. The van der Waals surface area contributed by atoms with Crippen LogP contribution in [0.4, 0.5) is 0 Å². The van der Waals surface area contributed by atoms with E-state index in [0.717, 1.165) is 17.4 Å². The Balaban J connectivity index is 1.34. The van der Waals surface area contributed by atoms with Crippen LogP contribution < -0.4 is 4.74 Å². The van der Waals surface area contributed by atoms with E-state index < -0.39 is 0 Å². The summed E-state index contributed by atoms with van der Waals surface area (Å²) in [6, 6.07) is 9.29. The normalized spacial score (nSPS) is 16.8. The number of para-hydroxylation sites is 1. The van der Waals surface area contributed by atoms with E-state index in [-0.39, 0.29) is 11.8 Å². The minimum absolute atomic E-state index is 0.0546. The summed E-state index contributed by atoms with van der Waals surface area (Å²) in [5.41, 5.74) is 1.51. The van der Waals surface area contributed by atoms with E-state index in [2.05, 4.69) is 10.1 Å². The standard InChI is InChI=1S/C20H17N3O4S/c1-25-15-4-2-3-12-9-16(26-17(12)15)20(24)23-7-5-13(10-23)18-21-19(27-22-18)14-6-8-28-11-14/h2-4,6,8-9,11,13H,5,7,10H2,1H3/t13-/m0/s1. The molecule has 1 atom stereocenters. The maximum absolute atomic E-state index is 12.9. The second kappa shape index (κ2) is 6.79. The average Bonchev–Trinajstić information content (AvgIpc) is 3.50. The number of hydrogen-bond acceptors (Lipinski definition) is 7. The Hall–Kier alpha value is -3.13. The highest BCUT2D eigenvalue weighted by molar-refractivity contribution is 7.08. The lowest BCUT2D eigenvalue weighted by molar-refractivity contribution is 0.0761. The first-order chi connectivity index (χ1) is 13.7. The number of methoxy groups -OCH3 is 1. The van der Waals surface area contributed by atoms with Gasteiger partial charge in [0.1, 0.15) is 0 Å². The summed E-state index contributed by atoms with van der Waals surface area (Å²) in [5.74, 6) is 2.00. The lowest BCUT2D eigenvalue weighted by Gasteiger charge is -2.13. The predicted octanol–water partition coefficient (Wildman–Crippen LogP) is 4.18. The molecule has 0 spiro atoms. The number of benzene rings is 1. The maximum Gasteiger partial charge on any atom is 0.289 e. The minimum atomic E-state index is -0.137. The van der Waals surface area contributed by atoms with E-state index in [4.69, 9.17) is 13.7 Å². The molecule has 1 fully saturated rings. The number of carbonyl (C=O) groups is 1. The summed E-state index contributed by atoms with van der Waals surface area (Å²) < 4.78 is 16.5. The van der Waals surface area contributed by atoms with Gasteiger partial charge in [0.15, 0.2) is 22.9 Å². The van der Waals surface area contributed by atoms with Crippen molar-refractivity contribution in [2.75, 3.05) is 20.2 Å². The number of fused-ring (bicyclic) bond motifs is 1. The summed E-state index contributed by atoms with van der Waals surface area (Å²) in [6.45, 7) is 1.16. The Morgan fingerprint density at radius 3 is 3.11 bits per heavy atom. The molecule has 8 heteroatoms. The molecule has 0 N–H and O–H groups in total. The molecule has 3 aromatic heterocycles. The summed E-state index contributed by atoms with van der Waals surface area (Å²) in [5, 5.41) is 8.90. The van der Waals surface area contributed by atoms with Gasteiger partial charge in [-0.2, -0.15) is 16.3 Å². The zero-order valence-corrected chi connectivity index (χ0v) is 15.9. The third-order valence-corrected chi connectivity index (χ3v) is 5.67. The molecule has 142 valence electrons. The monoisotopic (exact) mass is 395 g/mol. The van der Waals surface area contributed by atoms with Crippen LogP contribution in [0.2, 0.25) is 0 Å². The molecule has 0 aliphatic carbocycles. The zero-order valence-electron chi connectivity index (χ0n) is 15.1. The number of thiophene rings is 1. The molecule has 28 heavy (non-hydrogen) atoms. The van der Waals surface area contributed by atoms with Crippen molar-refractivity contribution in [3.05, 3.63) is 52.7 Å². The molecule has 0 unspecified atom stereocenters. The number of amides is 1. The molecular weight excluding hydrogens is 378 g/mol. The fraction of sp³-hybridized carbons (Fsp3) is 0.250. The predicted molar refractivity (Wildman–Crippen MR) is 104 cm³/mol. The first-order valence-electron chi connectivity index (χ1n) is 8.95. The van der Waals surface area contributed by atoms with E-state index >= 15 is 0 Å². The van der Waals surface area contributed by atoms with Gasteiger partial charge in [-0.15, -0.1) is 0 Å². The van der Waals surface area contributed by atoms with Crippen LogP contribution in [0.15, 0.2) is 50.0 Å². The van der Waals surface area contributed by atoms with Crippen LogP contribution in [-0.2, 0) is 0 Å². The van der Waals surface area contributed by atoms with Gasteiger partial charge < -0.3 is 18.6 Å². The van der Waals surface area contributed by atoms with Crippen molar-refractivity contribution in [2.45, 2.75) is 12.3 Å². The summed E-state index contributed by atoms with van der Waals surface area (Å²) in [4.78, 5) is 19.2. The molecular formula is C20H17N3O4S. The first-order valence-corrected chi connectivity index (χ1v) is 9.89. The van der Waals surface area contributed by atoms with Crippen molar-refractivity contribution in [1.82, 2.24) is 15.0 Å². The second-order valence-electron chi connectivity index (χ2n) is 6.70. The van der Waals surface area contributed by atoms with Gasteiger partial charge in [-0.25, -0.2) is 0 Å². The van der Waals surface area contributed by atoms with Crippen LogP contribution >= 0.6 is 11.3 Å². The molecule has 4 aromatic rings. The fourth-order valence-corrected chi connectivity index (χ4v) is 4.15. The third-order valence-electron chi connectivity index (χ3n) is 4.99. The van der Waals surface area contributed by atoms with E-state index in [1.165, 1.54) is 0 Å². The first kappa shape index (κ1) is 17.0. The molecule has 1 aromatic carbocycles. The van der Waals surface area contributed by atoms with Gasteiger partial charge in [0.25, 0.3) is 11.8 Å². The van der Waals surface area contributed by atoms with Crippen molar-refractivity contribution < 1.29 is 18.5 Å². The third kappa shape index (κ3) is 2.86. The number of rotatable bonds is 4. The van der Waals surface area contributed by atoms with Gasteiger partial charge in [-0.1, -0.05) is 17.3 Å². The molecule has 0 saturated carbocycles. The fourth-order valence-electron chi connectivity index (χ4n) is 3.52. The van der Waals surface area contributed by atoms with E-state index in [9.17, 15) is 4.79 Å². The Morgan fingerprint density at radius 2 is 2.29 bits per heavy atom. The largest absolute Gasteiger partial charge is 0.493 e. The van der Waals surface area contributed by atoms with Crippen molar-refractivity contribution >= 4 is 28.2 Å². The van der Waals surface area contributed by atoms with Crippen LogP contribution in [0.3, 0.4) is 0 Å². The second-order valence-corrected chi connectivity index (χ2v) is 7.48. The topological polar surface area (TPSA) is 81.6 Å². The van der Waals surface area contributed by atoms with Gasteiger partial charge in [0.2, 0.25) is 0 Å². The SMILES string of the molecule is COc1cccc2cc(C(=O)N3CC[C@H](c4noc(-c5ccsc5)n4)C3)oc12. The highest BCUT2D eigenvalue weighted by atomic mass is 32.1. The van der Waals surface area contributed by atoms with Gasteiger partial charge in [-0.3, -0.25) is 4.79 Å². The Labute approximate surface area is 164 Å². The van der Waals surface area contributed by atoms with Gasteiger partial charge in [0, 0.05) is 29.8 Å². The van der Waals surface area contributed by atoms with Gasteiger partial charge in [0.05, 0.1) is 12.7 Å². The Bertz CT molecular complexity index is 1130. The average molecular weight is 395 g/mol. The highest BCUT2D eigenvalue weighted by Gasteiger charge is 2.32. The van der Waals surface area contributed by atoms with Crippen LogP contribution in [0, 0.1) is 0 Å². The maximum atomic E-state index is 12.9. The summed E-state index contributed by atoms with van der Waals surface area (Å²) in [7, 11) is 1.58. The molecule has 7 nitrogen and oxygen atoms in total. The van der Waals surface area contributed by atoms with Crippen molar-refractivity contribution in [3.8, 4) is 17.2 Å². The number of hydrogen-bond donors (Lipinski definition) is 0. The molecule has 1 amide bonds. The van der Waals surface area contributed by atoms with E-state index in [0.29, 0.717) is 41.9 Å². The number of ether oxygens (including phenoxy) is 1. The lowest BCUT2D eigenvalue weighted by atomic mass is 10.1. The number of aromatic nitrogens is 2. The zero-order chi connectivity index (χ0) is 19.1. The molecule has 5 rings (SSSR count). The number of likely N-dealkylation sites (tertiary alicyclic amines) is 1. The van der Waals surface area contributed by atoms with Crippen LogP contribution in [-0.4, -0.2) is 41.1 Å². The van der Waals surface area contributed by atoms with E-state index in [1.807, 2.05) is 35.0 Å². The lowest BCUT2D eigenvalue weighted by Crippen LogP contribution is -2.28. The molecule has 0 bridgehead atoms. The highest BCUT2D eigenvalue weighted by Crippen LogP contribution is 2.32. The molecule has 1 aliphatic rings. The summed E-state index contributed by atoms with van der Waals surface area (Å²) in [6.07, 6.45) is 0.790. The van der Waals surface area contributed by atoms with Crippen molar-refractivity contribution in [3.63, 3.8) is 0 Å². The van der Waals surface area contributed by atoms with Crippen LogP contribution in [0.1, 0.15) is 28.7 Å². The number of furan rings is 1. The minimum Gasteiger partial charge on any atom is -0.493 e. The van der Waals surface area contributed by atoms with Crippen molar-refractivity contribution in [2.24, 2.45) is 0 Å². The summed E-state index contributed by atoms with van der Waals surface area (Å²) >= 11 is 1.58.